The summed E-state index contributed by atoms with van der Waals surface area (Å²) in [5.41, 5.74) is 3.27. The van der Waals surface area contributed by atoms with Crippen molar-refractivity contribution in [2.24, 2.45) is 0 Å². The fraction of sp³-hybridized carbons (Fsp3) is 0.409. The van der Waals surface area contributed by atoms with Crippen LogP contribution in [0.5, 0.6) is 5.75 Å². The zero-order chi connectivity index (χ0) is 21.8. The molecule has 1 aliphatic rings. The van der Waals surface area contributed by atoms with Crippen LogP contribution in [0, 0.1) is 0 Å². The van der Waals surface area contributed by atoms with Gasteiger partial charge in [0, 0.05) is 35.1 Å². The van der Waals surface area contributed by atoms with E-state index in [1.165, 1.54) is 0 Å². The lowest BCUT2D eigenvalue weighted by Crippen LogP contribution is -2.58. The van der Waals surface area contributed by atoms with Gasteiger partial charge in [-0.05, 0) is 58.7 Å². The van der Waals surface area contributed by atoms with Crippen molar-refractivity contribution in [1.29, 1.82) is 0 Å². The van der Waals surface area contributed by atoms with Crippen molar-refractivity contribution < 1.29 is 5.11 Å². The number of fused-ring (bicyclic) bond motifs is 1. The Hall–Kier alpha value is -3.04. The number of nitrogens with zero attached hydrogens (tertiary/aromatic N) is 7. The molecule has 0 radical (unpaired) electrons. The van der Waals surface area contributed by atoms with Gasteiger partial charge in [-0.2, -0.15) is 0 Å². The molecule has 3 aromatic heterocycles. The van der Waals surface area contributed by atoms with E-state index in [9.17, 15) is 5.11 Å². The number of rotatable bonds is 3. The number of hydrogen-bond donors (Lipinski definition) is 2. The summed E-state index contributed by atoms with van der Waals surface area (Å²) in [5, 5.41) is 31.9. The van der Waals surface area contributed by atoms with Crippen molar-refractivity contribution in [2.45, 2.75) is 57.7 Å². The molecule has 32 heavy (non-hydrogen) atoms. The summed E-state index contributed by atoms with van der Waals surface area (Å²) in [6.45, 7) is 8.83. The molecule has 0 unspecified atom stereocenters. The maximum Gasteiger partial charge on any atom is 0.201 e. The number of phenols is 1. The van der Waals surface area contributed by atoms with Gasteiger partial charge in [-0.1, -0.05) is 5.21 Å². The Morgan fingerprint density at radius 3 is 2.44 bits per heavy atom. The van der Waals surface area contributed by atoms with E-state index in [0.29, 0.717) is 22.4 Å². The second kappa shape index (κ2) is 7.83. The second-order valence-corrected chi connectivity index (χ2v) is 9.60. The standard InChI is InChI=1S/C22H26N8O.ClH/c1-21(2)11-15(12-22(3,4)27-21)30-20-18(25-28-30)10-17(24-26-20)16-6-5-14(9-19(16)31)29-8-7-23-13-29;/h5-10,13,15,27,31H,11-12H2,1-4H3;1H. The fourth-order valence-electron chi connectivity index (χ4n) is 4.88. The minimum Gasteiger partial charge on any atom is -0.507 e. The van der Waals surface area contributed by atoms with Crippen molar-refractivity contribution in [2.75, 3.05) is 0 Å². The summed E-state index contributed by atoms with van der Waals surface area (Å²) in [6, 6.07) is 7.41. The molecule has 0 bridgehead atoms. The van der Waals surface area contributed by atoms with Crippen molar-refractivity contribution in [1.82, 2.24) is 40.1 Å². The first kappa shape index (κ1) is 22.2. The lowest BCUT2D eigenvalue weighted by Gasteiger charge is -2.46. The molecule has 0 atom stereocenters. The van der Waals surface area contributed by atoms with Crippen LogP contribution in [-0.4, -0.2) is 50.9 Å². The Balaban J connectivity index is 0.00000245. The largest absolute Gasteiger partial charge is 0.507 e. The number of benzene rings is 1. The Labute approximate surface area is 192 Å². The van der Waals surface area contributed by atoms with Crippen LogP contribution in [-0.2, 0) is 0 Å². The zero-order valence-electron chi connectivity index (χ0n) is 18.5. The molecular formula is C22H27ClN8O. The van der Waals surface area contributed by atoms with E-state index >= 15 is 0 Å². The smallest absolute Gasteiger partial charge is 0.201 e. The molecule has 10 heteroatoms. The Morgan fingerprint density at radius 2 is 1.78 bits per heavy atom. The van der Waals surface area contributed by atoms with Gasteiger partial charge in [-0.15, -0.1) is 27.7 Å². The van der Waals surface area contributed by atoms with E-state index in [0.717, 1.165) is 18.5 Å². The maximum atomic E-state index is 10.6. The summed E-state index contributed by atoms with van der Waals surface area (Å²) in [6.07, 6.45) is 7.05. The van der Waals surface area contributed by atoms with Crippen LogP contribution >= 0.6 is 12.4 Å². The van der Waals surface area contributed by atoms with Crippen molar-refractivity contribution in [3.63, 3.8) is 0 Å². The van der Waals surface area contributed by atoms with Gasteiger partial charge in [0.2, 0.25) is 5.65 Å². The van der Waals surface area contributed by atoms with Gasteiger partial charge in [0.05, 0.1) is 23.8 Å². The minimum absolute atomic E-state index is 0. The monoisotopic (exact) mass is 454 g/mol. The fourth-order valence-corrected chi connectivity index (χ4v) is 4.88. The lowest BCUT2D eigenvalue weighted by molar-refractivity contribution is 0.127. The number of nitrogens with one attached hydrogen (secondary N) is 1. The third-order valence-corrected chi connectivity index (χ3v) is 5.80. The SMILES string of the molecule is CC1(C)CC(n2nnc3cc(-c4ccc(-n5ccnc5)cc4O)nnc32)CC(C)(C)N1.Cl. The molecule has 0 amide bonds. The van der Waals surface area contributed by atoms with E-state index in [-0.39, 0.29) is 35.3 Å². The zero-order valence-corrected chi connectivity index (χ0v) is 19.3. The minimum atomic E-state index is -0.0131. The highest BCUT2D eigenvalue weighted by Gasteiger charge is 2.39. The number of imidazole rings is 1. The van der Waals surface area contributed by atoms with Crippen LogP contribution in [0.1, 0.15) is 46.6 Å². The normalized spacial score (nSPS) is 17.9. The Morgan fingerprint density at radius 1 is 1.03 bits per heavy atom. The maximum absolute atomic E-state index is 10.6. The summed E-state index contributed by atoms with van der Waals surface area (Å²) >= 11 is 0. The first-order valence-corrected chi connectivity index (χ1v) is 10.4. The highest BCUT2D eigenvalue weighted by atomic mass is 35.5. The summed E-state index contributed by atoms with van der Waals surface area (Å²) < 4.78 is 3.73. The predicted molar refractivity (Wildman–Crippen MR) is 124 cm³/mol. The van der Waals surface area contributed by atoms with E-state index in [4.69, 9.17) is 0 Å². The van der Waals surface area contributed by atoms with Gasteiger partial charge in [0.1, 0.15) is 11.3 Å². The number of halogens is 1. The van der Waals surface area contributed by atoms with Gasteiger partial charge in [-0.25, -0.2) is 9.67 Å². The number of hydrogen-bond acceptors (Lipinski definition) is 7. The molecule has 0 spiro atoms. The summed E-state index contributed by atoms with van der Waals surface area (Å²) in [4.78, 5) is 4.04. The summed E-state index contributed by atoms with van der Waals surface area (Å²) in [5.74, 6) is 0.120. The molecule has 0 aliphatic carbocycles. The van der Waals surface area contributed by atoms with Crippen molar-refractivity contribution in [3.05, 3.63) is 43.0 Å². The number of aromatic nitrogens is 7. The quantitative estimate of drug-likeness (QED) is 0.486. The van der Waals surface area contributed by atoms with Crippen LogP contribution in [0.3, 0.4) is 0 Å². The van der Waals surface area contributed by atoms with Crippen LogP contribution in [0.4, 0.5) is 0 Å². The molecule has 1 aromatic carbocycles. The van der Waals surface area contributed by atoms with Crippen LogP contribution in [0.25, 0.3) is 28.1 Å². The average Bonchev–Trinajstić information content (AvgIpc) is 3.35. The van der Waals surface area contributed by atoms with E-state index in [1.807, 2.05) is 33.6 Å². The highest BCUT2D eigenvalue weighted by molar-refractivity contribution is 5.85. The van der Waals surface area contributed by atoms with E-state index in [2.05, 4.69) is 58.5 Å². The molecule has 168 valence electrons. The number of phenolic OH excluding ortho intramolecular Hbond substituents is 1. The molecule has 2 N–H and O–H groups in total. The molecule has 1 aliphatic heterocycles. The van der Waals surface area contributed by atoms with Gasteiger partial charge in [0.15, 0.2) is 0 Å². The first-order chi connectivity index (χ1) is 14.7. The molecule has 0 saturated carbocycles. The van der Waals surface area contributed by atoms with E-state index in [1.54, 1.807) is 18.6 Å². The third-order valence-electron chi connectivity index (χ3n) is 5.80. The number of aromatic hydroxyl groups is 1. The van der Waals surface area contributed by atoms with Gasteiger partial charge in [0.25, 0.3) is 0 Å². The van der Waals surface area contributed by atoms with Gasteiger partial charge < -0.3 is 15.0 Å². The Kier molecular flexibility index (Phi) is 5.42. The molecule has 4 aromatic rings. The molecule has 5 rings (SSSR count). The van der Waals surface area contributed by atoms with Crippen molar-refractivity contribution in [3.8, 4) is 22.7 Å². The lowest BCUT2D eigenvalue weighted by atomic mass is 9.80. The number of piperidine rings is 1. The average molecular weight is 455 g/mol. The highest BCUT2D eigenvalue weighted by Crippen LogP contribution is 2.37. The topological polar surface area (TPSA) is 107 Å². The molecule has 1 saturated heterocycles. The first-order valence-electron chi connectivity index (χ1n) is 10.4. The predicted octanol–water partition coefficient (Wildman–Crippen LogP) is 3.68. The third kappa shape index (κ3) is 4.05. The van der Waals surface area contributed by atoms with Crippen LogP contribution < -0.4 is 5.32 Å². The second-order valence-electron chi connectivity index (χ2n) is 9.60. The van der Waals surface area contributed by atoms with Crippen LogP contribution in [0.2, 0.25) is 0 Å². The van der Waals surface area contributed by atoms with E-state index < -0.39 is 0 Å². The molecular weight excluding hydrogens is 428 g/mol. The van der Waals surface area contributed by atoms with Gasteiger partial charge in [-0.3, -0.25) is 0 Å². The summed E-state index contributed by atoms with van der Waals surface area (Å²) in [7, 11) is 0. The van der Waals surface area contributed by atoms with Gasteiger partial charge >= 0.3 is 0 Å². The Bertz CT molecular complexity index is 1230. The molecule has 4 heterocycles. The molecule has 1 fully saturated rings. The van der Waals surface area contributed by atoms with Crippen LogP contribution in [0.15, 0.2) is 43.0 Å². The molecule has 9 nitrogen and oxygen atoms in total. The van der Waals surface area contributed by atoms with Crippen molar-refractivity contribution >= 4 is 23.6 Å².